The summed E-state index contributed by atoms with van der Waals surface area (Å²) in [5, 5.41) is 0. The van der Waals surface area contributed by atoms with E-state index < -0.39 is 5.41 Å². The zero-order valence-corrected chi connectivity index (χ0v) is 9.00. The summed E-state index contributed by atoms with van der Waals surface area (Å²) in [5.41, 5.74) is -0.645. The standard InChI is InChI=1S/C10H17NO3/c1-4-10(5-2,7-11-8-12)9(13)14-6-3/h4-7H2,1-3H3. The molecule has 4 nitrogen and oxygen atoms in total. The van der Waals surface area contributed by atoms with Crippen molar-refractivity contribution in [3.05, 3.63) is 0 Å². The van der Waals surface area contributed by atoms with Crippen LogP contribution < -0.4 is 0 Å². The molecule has 0 aliphatic heterocycles. The van der Waals surface area contributed by atoms with E-state index in [-0.39, 0.29) is 12.5 Å². The Morgan fingerprint density at radius 3 is 2.29 bits per heavy atom. The third kappa shape index (κ3) is 2.96. The molecule has 0 aromatic heterocycles. The van der Waals surface area contributed by atoms with Gasteiger partial charge in [-0.2, -0.15) is 0 Å². The lowest BCUT2D eigenvalue weighted by Crippen LogP contribution is -2.34. The predicted molar refractivity (Wildman–Crippen MR) is 52.6 cm³/mol. The average molecular weight is 199 g/mol. The highest BCUT2D eigenvalue weighted by Crippen LogP contribution is 2.28. The van der Waals surface area contributed by atoms with Gasteiger partial charge in [-0.05, 0) is 19.8 Å². The molecule has 0 atom stereocenters. The van der Waals surface area contributed by atoms with Gasteiger partial charge in [-0.25, -0.2) is 9.79 Å². The van der Waals surface area contributed by atoms with Crippen LogP contribution in [-0.2, 0) is 14.3 Å². The first kappa shape index (κ1) is 12.8. The van der Waals surface area contributed by atoms with Crippen molar-refractivity contribution in [3.8, 4) is 0 Å². The van der Waals surface area contributed by atoms with Crippen molar-refractivity contribution >= 4 is 12.0 Å². The third-order valence-corrected chi connectivity index (χ3v) is 2.51. The summed E-state index contributed by atoms with van der Waals surface area (Å²) in [7, 11) is 0. The maximum Gasteiger partial charge on any atom is 0.313 e. The number of hydrogen-bond acceptors (Lipinski definition) is 4. The van der Waals surface area contributed by atoms with Gasteiger partial charge in [0.2, 0.25) is 6.08 Å². The van der Waals surface area contributed by atoms with E-state index in [9.17, 15) is 9.59 Å². The SMILES string of the molecule is CCOC(=O)C(CC)(CC)CN=C=O. The third-order valence-electron chi connectivity index (χ3n) is 2.51. The molecule has 0 amide bonds. The second kappa shape index (κ2) is 6.33. The first-order valence-corrected chi connectivity index (χ1v) is 4.87. The summed E-state index contributed by atoms with van der Waals surface area (Å²) < 4.78 is 4.96. The summed E-state index contributed by atoms with van der Waals surface area (Å²) in [5.74, 6) is -0.274. The molecule has 4 heteroatoms. The molecular weight excluding hydrogens is 182 g/mol. The number of hydrogen-bond donors (Lipinski definition) is 0. The van der Waals surface area contributed by atoms with E-state index in [1.807, 2.05) is 13.8 Å². The van der Waals surface area contributed by atoms with Crippen molar-refractivity contribution in [3.63, 3.8) is 0 Å². The molecule has 0 unspecified atom stereocenters. The maximum absolute atomic E-state index is 11.6. The topological polar surface area (TPSA) is 55.7 Å². The molecule has 0 radical (unpaired) electrons. The molecule has 0 saturated carbocycles. The van der Waals surface area contributed by atoms with Gasteiger partial charge in [0.05, 0.1) is 18.6 Å². The fourth-order valence-electron chi connectivity index (χ4n) is 1.29. The highest BCUT2D eigenvalue weighted by Gasteiger charge is 2.36. The van der Waals surface area contributed by atoms with E-state index in [4.69, 9.17) is 4.74 Å². The molecule has 0 fully saturated rings. The summed E-state index contributed by atoms with van der Waals surface area (Å²) in [6, 6.07) is 0. The van der Waals surface area contributed by atoms with Gasteiger partial charge in [-0.15, -0.1) is 0 Å². The highest BCUT2D eigenvalue weighted by molar-refractivity contribution is 5.77. The number of aliphatic imine (C=N–C) groups is 1. The molecule has 0 heterocycles. The van der Waals surface area contributed by atoms with Gasteiger partial charge in [0, 0.05) is 0 Å². The first-order chi connectivity index (χ1) is 6.66. The minimum atomic E-state index is -0.645. The summed E-state index contributed by atoms with van der Waals surface area (Å²) in [4.78, 5) is 25.1. The van der Waals surface area contributed by atoms with Crippen molar-refractivity contribution in [1.29, 1.82) is 0 Å². The number of rotatable bonds is 6. The Morgan fingerprint density at radius 2 is 1.93 bits per heavy atom. The van der Waals surface area contributed by atoms with Crippen LogP contribution >= 0.6 is 0 Å². The number of isocyanates is 1. The molecule has 0 rings (SSSR count). The van der Waals surface area contributed by atoms with Gasteiger partial charge in [-0.1, -0.05) is 13.8 Å². The normalized spacial score (nSPS) is 10.5. The van der Waals surface area contributed by atoms with E-state index in [0.29, 0.717) is 19.4 Å². The largest absolute Gasteiger partial charge is 0.466 e. The molecule has 0 aliphatic carbocycles. The lowest BCUT2D eigenvalue weighted by atomic mass is 9.82. The Bertz CT molecular complexity index is 228. The van der Waals surface area contributed by atoms with Crippen molar-refractivity contribution < 1.29 is 14.3 Å². The van der Waals surface area contributed by atoms with E-state index in [1.165, 1.54) is 6.08 Å². The van der Waals surface area contributed by atoms with Crippen molar-refractivity contribution in [2.24, 2.45) is 10.4 Å². The Morgan fingerprint density at radius 1 is 1.36 bits per heavy atom. The van der Waals surface area contributed by atoms with Crippen LogP contribution in [0.25, 0.3) is 0 Å². The quantitative estimate of drug-likeness (QED) is 0.371. The lowest BCUT2D eigenvalue weighted by molar-refractivity contribution is -0.155. The molecule has 0 bridgehead atoms. The number of carbonyl (C=O) groups excluding carboxylic acids is 2. The van der Waals surface area contributed by atoms with Gasteiger partial charge in [0.15, 0.2) is 0 Å². The van der Waals surface area contributed by atoms with Crippen LogP contribution in [0.2, 0.25) is 0 Å². The minimum Gasteiger partial charge on any atom is -0.466 e. The van der Waals surface area contributed by atoms with E-state index >= 15 is 0 Å². The Hall–Kier alpha value is -1.15. The lowest BCUT2D eigenvalue weighted by Gasteiger charge is -2.26. The monoisotopic (exact) mass is 199 g/mol. The Kier molecular flexibility index (Phi) is 5.81. The molecule has 80 valence electrons. The fraction of sp³-hybridized carbons (Fsp3) is 0.800. The fourth-order valence-corrected chi connectivity index (χ4v) is 1.29. The Labute approximate surface area is 84.4 Å². The van der Waals surface area contributed by atoms with Crippen LogP contribution in [0.4, 0.5) is 0 Å². The molecule has 0 N–H and O–H groups in total. The number of ether oxygens (including phenoxy) is 1. The highest BCUT2D eigenvalue weighted by atomic mass is 16.5. The zero-order valence-electron chi connectivity index (χ0n) is 9.00. The van der Waals surface area contributed by atoms with Gasteiger partial charge < -0.3 is 4.74 Å². The molecule has 0 saturated heterocycles. The van der Waals surface area contributed by atoms with E-state index in [2.05, 4.69) is 4.99 Å². The maximum atomic E-state index is 11.6. The van der Waals surface area contributed by atoms with Crippen LogP contribution in [0.15, 0.2) is 4.99 Å². The average Bonchev–Trinajstić information content (AvgIpc) is 2.21. The van der Waals surface area contributed by atoms with Crippen LogP contribution in [0.1, 0.15) is 33.6 Å². The second-order valence-electron chi connectivity index (χ2n) is 3.12. The summed E-state index contributed by atoms with van der Waals surface area (Å²) in [6.45, 7) is 6.06. The summed E-state index contributed by atoms with van der Waals surface area (Å²) in [6.07, 6.45) is 2.69. The van der Waals surface area contributed by atoms with E-state index in [1.54, 1.807) is 6.92 Å². The molecular formula is C10H17NO3. The van der Waals surface area contributed by atoms with Gasteiger partial charge in [-0.3, -0.25) is 4.79 Å². The van der Waals surface area contributed by atoms with Gasteiger partial charge in [0.25, 0.3) is 0 Å². The second-order valence-corrected chi connectivity index (χ2v) is 3.12. The van der Waals surface area contributed by atoms with Crippen molar-refractivity contribution in [2.45, 2.75) is 33.6 Å². The van der Waals surface area contributed by atoms with Crippen LogP contribution in [0.3, 0.4) is 0 Å². The van der Waals surface area contributed by atoms with Crippen LogP contribution in [0, 0.1) is 5.41 Å². The smallest absolute Gasteiger partial charge is 0.313 e. The molecule has 14 heavy (non-hydrogen) atoms. The number of esters is 1. The molecule has 0 spiro atoms. The molecule has 0 aromatic rings. The Balaban J connectivity index is 4.66. The summed E-state index contributed by atoms with van der Waals surface area (Å²) >= 11 is 0. The number of nitrogens with zero attached hydrogens (tertiary/aromatic N) is 1. The van der Waals surface area contributed by atoms with Crippen molar-refractivity contribution in [2.75, 3.05) is 13.2 Å². The molecule has 0 aliphatic rings. The van der Waals surface area contributed by atoms with E-state index in [0.717, 1.165) is 0 Å². The van der Waals surface area contributed by atoms with Crippen LogP contribution in [-0.4, -0.2) is 25.2 Å². The van der Waals surface area contributed by atoms with Crippen molar-refractivity contribution in [1.82, 2.24) is 0 Å². The first-order valence-electron chi connectivity index (χ1n) is 4.87. The predicted octanol–water partition coefficient (Wildman–Crippen LogP) is 1.69. The van der Waals surface area contributed by atoms with Crippen LogP contribution in [0.5, 0.6) is 0 Å². The minimum absolute atomic E-state index is 0.169. The van der Waals surface area contributed by atoms with Gasteiger partial charge >= 0.3 is 5.97 Å². The molecule has 0 aromatic carbocycles. The zero-order chi connectivity index (χ0) is 11.0. The van der Waals surface area contributed by atoms with Gasteiger partial charge in [0.1, 0.15) is 0 Å². The number of carbonyl (C=O) groups is 1.